The molecule has 2 unspecified atom stereocenters. The Hall–Kier alpha value is -2.83. The predicted octanol–water partition coefficient (Wildman–Crippen LogP) is 4.97. The molecule has 3 aromatic carbocycles. The van der Waals surface area contributed by atoms with E-state index in [2.05, 4.69) is 0 Å². The number of anilines is 2. The lowest BCUT2D eigenvalue weighted by atomic mass is 10.0. The van der Waals surface area contributed by atoms with Crippen molar-refractivity contribution in [2.75, 3.05) is 15.7 Å². The molecule has 0 radical (unpaired) electrons. The second-order valence-corrected chi connectivity index (χ2v) is 7.79. The summed E-state index contributed by atoms with van der Waals surface area (Å²) in [5.41, 5.74) is 2.03. The second-order valence-electron chi connectivity index (χ2n) is 6.17. The first-order chi connectivity index (χ1) is 13.6. The van der Waals surface area contributed by atoms with Gasteiger partial charge < -0.3 is 4.74 Å². The van der Waals surface area contributed by atoms with Crippen LogP contribution in [0.1, 0.15) is 11.6 Å². The lowest BCUT2D eigenvalue weighted by Crippen LogP contribution is -2.28. The number of amidine groups is 1. The van der Waals surface area contributed by atoms with Gasteiger partial charge >= 0.3 is 0 Å². The van der Waals surface area contributed by atoms with Crippen LogP contribution in [-0.2, 0) is 11.2 Å². The maximum atomic E-state index is 13.6. The van der Waals surface area contributed by atoms with Gasteiger partial charge in [0.15, 0.2) is 0 Å². The molecule has 1 saturated heterocycles. The van der Waals surface area contributed by atoms with Crippen LogP contribution in [-0.4, -0.2) is 17.2 Å². The van der Waals surface area contributed by atoms with E-state index in [0.29, 0.717) is 27.7 Å². The van der Waals surface area contributed by atoms with Gasteiger partial charge in [-0.05, 0) is 30.3 Å². The number of nitrogens with zero attached hydrogens (tertiary/aromatic N) is 2. The van der Waals surface area contributed by atoms with E-state index in [1.807, 2.05) is 72.8 Å². The average Bonchev–Trinajstić information content (AvgIpc) is 2.99. The molecule has 0 amide bonds. The monoisotopic (exact) mass is 411 g/mol. The summed E-state index contributed by atoms with van der Waals surface area (Å²) in [6.45, 7) is 0. The molecule has 5 nitrogen and oxygen atoms in total. The summed E-state index contributed by atoms with van der Waals surface area (Å²) >= 11 is 4.79. The molecule has 4 rings (SSSR count). The zero-order valence-electron chi connectivity index (χ0n) is 15.1. The van der Waals surface area contributed by atoms with Crippen molar-refractivity contribution in [2.24, 2.45) is 0 Å². The maximum absolute atomic E-state index is 13.6. The van der Waals surface area contributed by atoms with E-state index in [1.54, 1.807) is 17.5 Å². The van der Waals surface area contributed by atoms with Gasteiger partial charge in [0.05, 0.1) is 18.5 Å². The van der Waals surface area contributed by atoms with Gasteiger partial charge in [0.1, 0.15) is 17.6 Å². The van der Waals surface area contributed by atoms with Crippen LogP contribution in [0.4, 0.5) is 11.4 Å². The maximum Gasteiger partial charge on any atom is 0.232 e. The fraction of sp³-hybridized carbons (Fsp3) is 0.0952. The molecule has 0 saturated carbocycles. The van der Waals surface area contributed by atoms with Crippen molar-refractivity contribution < 1.29 is 8.95 Å². The molecule has 1 N–H and O–H groups in total. The highest BCUT2D eigenvalue weighted by Crippen LogP contribution is 2.44. The fourth-order valence-corrected chi connectivity index (χ4v) is 4.98. The average molecular weight is 412 g/mol. The first-order valence-corrected chi connectivity index (χ1v) is 10.1. The van der Waals surface area contributed by atoms with Crippen molar-refractivity contribution in [1.29, 1.82) is 5.41 Å². The molecule has 7 heteroatoms. The van der Waals surface area contributed by atoms with E-state index in [0.717, 1.165) is 0 Å². The van der Waals surface area contributed by atoms with Crippen molar-refractivity contribution >= 4 is 40.0 Å². The summed E-state index contributed by atoms with van der Waals surface area (Å²) in [5, 5.41) is 9.38. The normalized spacial score (nSPS) is 19.1. The molecule has 1 fully saturated rings. The molecule has 2 atom stereocenters. The zero-order chi connectivity index (χ0) is 19.7. The Balaban J connectivity index is 1.91. The van der Waals surface area contributed by atoms with E-state index >= 15 is 0 Å². The molecule has 1 heterocycles. The van der Waals surface area contributed by atoms with Crippen LogP contribution in [0, 0.1) is 5.41 Å². The topological polar surface area (TPSA) is 56.6 Å². The standard InChI is InChI=1S/C21H18ClN3O2S/c1-27-19-14-8-7-13-18(19)25-20(16-11-5-6-12-17(16)22)21(23)24(28(25)26)15-9-3-2-4-10-15/h2-14,20,23H,1H3. The molecule has 142 valence electrons. The quantitative estimate of drug-likeness (QED) is 0.658. The van der Waals surface area contributed by atoms with E-state index in [-0.39, 0.29) is 5.84 Å². The lowest BCUT2D eigenvalue weighted by molar-refractivity contribution is 0.415. The van der Waals surface area contributed by atoms with Crippen molar-refractivity contribution in [2.45, 2.75) is 6.04 Å². The smallest absolute Gasteiger partial charge is 0.232 e. The molecule has 3 aromatic rings. The number of hydrogen-bond donors (Lipinski definition) is 1. The van der Waals surface area contributed by atoms with Crippen molar-refractivity contribution in [3.05, 3.63) is 89.4 Å². The highest BCUT2D eigenvalue weighted by molar-refractivity contribution is 7.89. The van der Waals surface area contributed by atoms with Crippen molar-refractivity contribution in [3.8, 4) is 5.75 Å². The fourth-order valence-electron chi connectivity index (χ4n) is 3.28. The van der Waals surface area contributed by atoms with E-state index < -0.39 is 17.2 Å². The molecular weight excluding hydrogens is 394 g/mol. The third-order valence-electron chi connectivity index (χ3n) is 4.55. The Kier molecular flexibility index (Phi) is 5.07. The minimum absolute atomic E-state index is 0.184. The van der Waals surface area contributed by atoms with Gasteiger partial charge in [-0.2, -0.15) is 0 Å². The van der Waals surface area contributed by atoms with Gasteiger partial charge in [-0.3, -0.25) is 9.71 Å². The van der Waals surface area contributed by atoms with Crippen molar-refractivity contribution in [1.82, 2.24) is 0 Å². The van der Waals surface area contributed by atoms with Crippen LogP contribution >= 0.6 is 11.6 Å². The van der Waals surface area contributed by atoms with Gasteiger partial charge in [0, 0.05) is 10.6 Å². The highest BCUT2D eigenvalue weighted by Gasteiger charge is 2.45. The van der Waals surface area contributed by atoms with E-state index in [9.17, 15) is 4.21 Å². The summed E-state index contributed by atoms with van der Waals surface area (Å²) < 4.78 is 22.3. The summed E-state index contributed by atoms with van der Waals surface area (Å²) in [5.74, 6) is 0.763. The Morgan fingerprint density at radius 3 is 2.32 bits per heavy atom. The summed E-state index contributed by atoms with van der Waals surface area (Å²) in [4.78, 5) is 0. The third-order valence-corrected chi connectivity index (χ3v) is 6.36. The lowest BCUT2D eigenvalue weighted by Gasteiger charge is -2.25. The largest absolute Gasteiger partial charge is 0.495 e. The van der Waals surface area contributed by atoms with E-state index in [4.69, 9.17) is 21.7 Å². The Labute approximate surface area is 171 Å². The molecule has 28 heavy (non-hydrogen) atoms. The first-order valence-electron chi connectivity index (χ1n) is 8.65. The third kappa shape index (κ3) is 3.04. The minimum Gasteiger partial charge on any atom is -0.495 e. The zero-order valence-corrected chi connectivity index (χ0v) is 16.7. The Morgan fingerprint density at radius 1 is 0.964 bits per heavy atom. The first kappa shape index (κ1) is 18.5. The van der Waals surface area contributed by atoms with Crippen LogP contribution in [0.15, 0.2) is 78.9 Å². The number of rotatable bonds is 4. The number of hydrogen-bond acceptors (Lipinski definition) is 3. The predicted molar refractivity (Wildman–Crippen MR) is 114 cm³/mol. The molecular formula is C21H18ClN3O2S. The SMILES string of the molecule is COc1ccccc1N1C(c2ccccc2Cl)C(=N)N(c2ccccc2)S1=O. The highest BCUT2D eigenvalue weighted by atomic mass is 35.5. The molecule has 0 aromatic heterocycles. The summed E-state index contributed by atoms with van der Waals surface area (Å²) in [6, 6.07) is 23.3. The van der Waals surface area contributed by atoms with Crippen LogP contribution in [0.2, 0.25) is 5.02 Å². The number of ether oxygens (including phenoxy) is 1. The van der Waals surface area contributed by atoms with Gasteiger partial charge in [-0.1, -0.05) is 60.1 Å². The van der Waals surface area contributed by atoms with Crippen LogP contribution in [0.5, 0.6) is 5.75 Å². The van der Waals surface area contributed by atoms with Crippen LogP contribution in [0.3, 0.4) is 0 Å². The minimum atomic E-state index is -1.68. The summed E-state index contributed by atoms with van der Waals surface area (Å²) in [7, 11) is 1.57. The van der Waals surface area contributed by atoms with Gasteiger partial charge in [-0.25, -0.2) is 8.51 Å². The molecule has 0 spiro atoms. The van der Waals surface area contributed by atoms with Crippen LogP contribution in [0.25, 0.3) is 0 Å². The number of benzene rings is 3. The van der Waals surface area contributed by atoms with Gasteiger partial charge in [0.2, 0.25) is 11.2 Å². The van der Waals surface area contributed by atoms with Gasteiger partial charge in [-0.15, -0.1) is 0 Å². The van der Waals surface area contributed by atoms with Crippen molar-refractivity contribution in [3.63, 3.8) is 0 Å². The molecule has 1 aliphatic heterocycles. The van der Waals surface area contributed by atoms with Crippen LogP contribution < -0.4 is 13.3 Å². The van der Waals surface area contributed by atoms with Gasteiger partial charge in [0.25, 0.3) is 0 Å². The number of methoxy groups -OCH3 is 1. The van der Waals surface area contributed by atoms with E-state index in [1.165, 1.54) is 4.31 Å². The molecule has 0 bridgehead atoms. The number of para-hydroxylation sites is 3. The Morgan fingerprint density at radius 2 is 1.61 bits per heavy atom. The number of nitrogens with one attached hydrogen (secondary N) is 1. The summed E-state index contributed by atoms with van der Waals surface area (Å²) in [6.07, 6.45) is 0. The Bertz CT molecular complexity index is 1040. The molecule has 0 aliphatic carbocycles. The number of halogens is 1. The molecule has 1 aliphatic rings. The second kappa shape index (κ2) is 7.66.